The fraction of sp³-hybridized carbons (Fsp3) is 0.429. The first-order chi connectivity index (χ1) is 5.43. The van der Waals surface area contributed by atoms with Crippen molar-refractivity contribution in [1.29, 1.82) is 0 Å². The van der Waals surface area contributed by atoms with E-state index in [2.05, 4.69) is 0 Å². The summed E-state index contributed by atoms with van der Waals surface area (Å²) in [5.74, 6) is 0. The number of hydrogen-bond acceptors (Lipinski definition) is 4. The molecule has 12 heavy (non-hydrogen) atoms. The summed E-state index contributed by atoms with van der Waals surface area (Å²) in [6.45, 7) is 1.66. The maximum Gasteiger partial charge on any atom is 0.267 e. The van der Waals surface area contributed by atoms with Crippen molar-refractivity contribution in [3.05, 3.63) is 34.0 Å². The van der Waals surface area contributed by atoms with Crippen molar-refractivity contribution in [2.75, 3.05) is 0 Å². The van der Waals surface area contributed by atoms with Gasteiger partial charge in [0.25, 0.3) is 5.70 Å². The van der Waals surface area contributed by atoms with Gasteiger partial charge in [-0.15, -0.1) is 0 Å². The summed E-state index contributed by atoms with van der Waals surface area (Å²) < 4.78 is 0. The standard InChI is InChI=1S/C7H11N3O2/c1-7(9)4-5(10(11)12)2-3-6(7)8/h2-4,6H,8-9H2,1H3. The summed E-state index contributed by atoms with van der Waals surface area (Å²) in [7, 11) is 0. The van der Waals surface area contributed by atoms with E-state index in [0.29, 0.717) is 0 Å². The first-order valence-electron chi connectivity index (χ1n) is 3.53. The zero-order chi connectivity index (χ0) is 9.35. The van der Waals surface area contributed by atoms with Crippen molar-refractivity contribution in [1.82, 2.24) is 0 Å². The van der Waals surface area contributed by atoms with Gasteiger partial charge in [-0.25, -0.2) is 0 Å². The molecule has 2 atom stereocenters. The van der Waals surface area contributed by atoms with Crippen LogP contribution in [0.2, 0.25) is 0 Å². The third kappa shape index (κ3) is 1.51. The zero-order valence-electron chi connectivity index (χ0n) is 6.73. The molecule has 1 aliphatic carbocycles. The lowest BCUT2D eigenvalue weighted by atomic mass is 9.89. The average molecular weight is 169 g/mol. The fourth-order valence-electron chi connectivity index (χ4n) is 0.986. The lowest BCUT2D eigenvalue weighted by molar-refractivity contribution is -0.419. The van der Waals surface area contributed by atoms with Crippen LogP contribution in [0.1, 0.15) is 6.92 Å². The second kappa shape index (κ2) is 2.69. The van der Waals surface area contributed by atoms with E-state index in [9.17, 15) is 10.1 Å². The molecule has 5 nitrogen and oxygen atoms in total. The molecule has 0 aliphatic heterocycles. The molecule has 4 N–H and O–H groups in total. The van der Waals surface area contributed by atoms with E-state index < -0.39 is 10.5 Å². The Hall–Kier alpha value is -1.20. The summed E-state index contributed by atoms with van der Waals surface area (Å²) in [5, 5.41) is 10.3. The fourth-order valence-corrected chi connectivity index (χ4v) is 0.986. The predicted octanol–water partition coefficient (Wildman–Crippen LogP) is -0.238. The van der Waals surface area contributed by atoms with Crippen molar-refractivity contribution in [2.24, 2.45) is 11.5 Å². The van der Waals surface area contributed by atoms with Gasteiger partial charge in [-0.2, -0.15) is 0 Å². The number of nitrogens with two attached hydrogens (primary N) is 2. The second-order valence-corrected chi connectivity index (χ2v) is 3.08. The number of hydrogen-bond donors (Lipinski definition) is 2. The van der Waals surface area contributed by atoms with E-state index in [1.165, 1.54) is 18.2 Å². The molecule has 0 saturated heterocycles. The third-order valence-electron chi connectivity index (χ3n) is 1.86. The van der Waals surface area contributed by atoms with E-state index in [1.807, 2.05) is 0 Å². The van der Waals surface area contributed by atoms with E-state index in [-0.39, 0.29) is 11.7 Å². The maximum absolute atomic E-state index is 10.3. The Morgan fingerprint density at radius 1 is 1.75 bits per heavy atom. The normalized spacial score (nSPS) is 34.6. The van der Waals surface area contributed by atoms with Crippen LogP contribution < -0.4 is 11.5 Å². The molecule has 2 unspecified atom stereocenters. The van der Waals surface area contributed by atoms with Gasteiger partial charge in [0, 0.05) is 18.2 Å². The van der Waals surface area contributed by atoms with Crippen LogP contribution in [0, 0.1) is 10.1 Å². The van der Waals surface area contributed by atoms with Crippen LogP contribution in [-0.2, 0) is 0 Å². The van der Waals surface area contributed by atoms with Crippen molar-refractivity contribution >= 4 is 0 Å². The van der Waals surface area contributed by atoms with Crippen LogP contribution in [0.15, 0.2) is 23.9 Å². The lowest BCUT2D eigenvalue weighted by Crippen LogP contribution is -2.51. The monoisotopic (exact) mass is 169 g/mol. The maximum atomic E-state index is 10.3. The van der Waals surface area contributed by atoms with Crippen molar-refractivity contribution in [3.63, 3.8) is 0 Å². The molecule has 0 radical (unpaired) electrons. The Bertz CT molecular complexity index is 268. The minimum atomic E-state index is -0.822. The van der Waals surface area contributed by atoms with E-state index in [1.54, 1.807) is 6.92 Å². The molecular weight excluding hydrogens is 158 g/mol. The molecule has 0 aromatic carbocycles. The summed E-state index contributed by atoms with van der Waals surface area (Å²) in [5.41, 5.74) is 10.5. The summed E-state index contributed by atoms with van der Waals surface area (Å²) in [6, 6.07) is -0.360. The van der Waals surface area contributed by atoms with Crippen LogP contribution >= 0.6 is 0 Å². The zero-order valence-corrected chi connectivity index (χ0v) is 6.73. The van der Waals surface area contributed by atoms with Crippen molar-refractivity contribution in [2.45, 2.75) is 18.5 Å². The van der Waals surface area contributed by atoms with Gasteiger partial charge < -0.3 is 11.5 Å². The van der Waals surface area contributed by atoms with Crippen LogP contribution in [0.4, 0.5) is 0 Å². The van der Waals surface area contributed by atoms with Crippen LogP contribution in [0.5, 0.6) is 0 Å². The summed E-state index contributed by atoms with van der Waals surface area (Å²) >= 11 is 0. The average Bonchev–Trinajstić information content (AvgIpc) is 1.94. The minimum absolute atomic E-state index is 0.00157. The Labute approximate surface area is 69.9 Å². The first-order valence-corrected chi connectivity index (χ1v) is 3.53. The van der Waals surface area contributed by atoms with E-state index in [0.717, 1.165) is 0 Å². The molecule has 1 aliphatic rings. The van der Waals surface area contributed by atoms with Gasteiger partial charge >= 0.3 is 0 Å². The largest absolute Gasteiger partial charge is 0.323 e. The SMILES string of the molecule is CC1(N)C=C([N+](=O)[O-])C=CC1N. The molecule has 5 heteroatoms. The van der Waals surface area contributed by atoms with Gasteiger partial charge in [-0.05, 0) is 6.92 Å². The molecule has 0 fully saturated rings. The highest BCUT2D eigenvalue weighted by Gasteiger charge is 2.29. The van der Waals surface area contributed by atoms with Crippen LogP contribution in [0.3, 0.4) is 0 Å². The van der Waals surface area contributed by atoms with Gasteiger partial charge in [0.1, 0.15) is 0 Å². The van der Waals surface area contributed by atoms with Crippen molar-refractivity contribution in [3.8, 4) is 0 Å². The molecule has 0 aromatic rings. The third-order valence-corrected chi connectivity index (χ3v) is 1.86. The summed E-state index contributed by atoms with van der Waals surface area (Å²) in [6.07, 6.45) is 4.29. The van der Waals surface area contributed by atoms with Crippen molar-refractivity contribution < 1.29 is 4.92 Å². The number of allylic oxidation sites excluding steroid dienone is 1. The molecule has 0 spiro atoms. The highest BCUT2D eigenvalue weighted by atomic mass is 16.6. The van der Waals surface area contributed by atoms with Crippen LogP contribution in [-0.4, -0.2) is 16.5 Å². The molecular formula is C7H11N3O2. The first kappa shape index (κ1) is 8.89. The van der Waals surface area contributed by atoms with Gasteiger partial charge in [-0.1, -0.05) is 6.08 Å². The highest BCUT2D eigenvalue weighted by molar-refractivity contribution is 5.28. The Morgan fingerprint density at radius 3 is 2.75 bits per heavy atom. The quantitative estimate of drug-likeness (QED) is 0.418. The Balaban J connectivity index is 2.97. The molecule has 1 rings (SSSR count). The van der Waals surface area contributed by atoms with Gasteiger partial charge in [0.05, 0.1) is 10.5 Å². The van der Waals surface area contributed by atoms with Gasteiger partial charge in [0.2, 0.25) is 0 Å². The predicted molar refractivity (Wildman–Crippen MR) is 44.8 cm³/mol. The molecule has 0 bridgehead atoms. The minimum Gasteiger partial charge on any atom is -0.323 e. The second-order valence-electron chi connectivity index (χ2n) is 3.08. The topological polar surface area (TPSA) is 95.2 Å². The molecule has 66 valence electrons. The molecule has 0 amide bonds. The van der Waals surface area contributed by atoms with Crippen LogP contribution in [0.25, 0.3) is 0 Å². The van der Waals surface area contributed by atoms with Gasteiger partial charge in [-0.3, -0.25) is 10.1 Å². The lowest BCUT2D eigenvalue weighted by Gasteiger charge is -2.27. The Kier molecular flexibility index (Phi) is 1.99. The summed E-state index contributed by atoms with van der Waals surface area (Å²) in [4.78, 5) is 9.86. The molecule has 0 saturated carbocycles. The smallest absolute Gasteiger partial charge is 0.267 e. The Morgan fingerprint density at radius 2 is 2.33 bits per heavy atom. The van der Waals surface area contributed by atoms with Gasteiger partial charge in [0.15, 0.2) is 0 Å². The number of nitrogens with zero attached hydrogens (tertiary/aromatic N) is 1. The van der Waals surface area contributed by atoms with E-state index in [4.69, 9.17) is 11.5 Å². The number of nitro groups is 1. The number of rotatable bonds is 1. The molecule has 0 heterocycles. The highest BCUT2D eigenvalue weighted by Crippen LogP contribution is 2.17. The van der Waals surface area contributed by atoms with E-state index >= 15 is 0 Å². The molecule has 0 aromatic heterocycles.